The van der Waals surface area contributed by atoms with Crippen molar-refractivity contribution in [3.63, 3.8) is 0 Å². The molecule has 1 fully saturated rings. The zero-order chi connectivity index (χ0) is 14.5. The molecule has 1 saturated heterocycles. The van der Waals surface area contributed by atoms with Gasteiger partial charge < -0.3 is 10.2 Å². The minimum atomic E-state index is 0.0635. The van der Waals surface area contributed by atoms with Gasteiger partial charge in [-0.25, -0.2) is 0 Å². The average molecular weight is 295 g/mol. The SMILES string of the molecule is Cc1ccc(Cl)cc1NC(=O)CCN1CCCC(C)C1. The Balaban J connectivity index is 1.82. The van der Waals surface area contributed by atoms with E-state index in [9.17, 15) is 4.79 Å². The first-order valence-electron chi connectivity index (χ1n) is 7.33. The molecule has 0 bridgehead atoms. The van der Waals surface area contributed by atoms with Gasteiger partial charge in [0.05, 0.1) is 0 Å². The number of piperidine rings is 1. The van der Waals surface area contributed by atoms with Crippen molar-refractivity contribution in [2.75, 3.05) is 25.0 Å². The van der Waals surface area contributed by atoms with Crippen molar-refractivity contribution in [2.45, 2.75) is 33.1 Å². The minimum absolute atomic E-state index is 0.0635. The Kier molecular flexibility index (Phi) is 5.44. The molecule has 1 aromatic carbocycles. The van der Waals surface area contributed by atoms with E-state index in [0.29, 0.717) is 11.4 Å². The standard InChI is InChI=1S/C16H23ClN2O/c1-12-4-3-8-19(11-12)9-7-16(20)18-15-10-14(17)6-5-13(15)2/h5-6,10,12H,3-4,7-9,11H2,1-2H3,(H,18,20). The lowest BCUT2D eigenvalue weighted by Crippen LogP contribution is -2.36. The molecule has 0 spiro atoms. The van der Waals surface area contributed by atoms with E-state index in [1.807, 2.05) is 19.1 Å². The lowest BCUT2D eigenvalue weighted by atomic mass is 10.0. The summed E-state index contributed by atoms with van der Waals surface area (Å²) < 4.78 is 0. The molecule has 1 aliphatic rings. The summed E-state index contributed by atoms with van der Waals surface area (Å²) in [7, 11) is 0. The number of carbonyl (C=O) groups is 1. The highest BCUT2D eigenvalue weighted by Crippen LogP contribution is 2.20. The molecule has 2 rings (SSSR count). The number of nitrogens with zero attached hydrogens (tertiary/aromatic N) is 1. The largest absolute Gasteiger partial charge is 0.326 e. The fourth-order valence-electron chi connectivity index (χ4n) is 2.69. The van der Waals surface area contributed by atoms with Crippen LogP contribution in [0.2, 0.25) is 5.02 Å². The average Bonchev–Trinajstić information content (AvgIpc) is 2.41. The summed E-state index contributed by atoms with van der Waals surface area (Å²) in [5.74, 6) is 0.815. The van der Waals surface area contributed by atoms with Crippen LogP contribution in [0.4, 0.5) is 5.69 Å². The Morgan fingerprint density at radius 2 is 2.30 bits per heavy atom. The number of hydrogen-bond donors (Lipinski definition) is 1. The molecule has 1 atom stereocenters. The number of anilines is 1. The van der Waals surface area contributed by atoms with Crippen LogP contribution in [0, 0.1) is 12.8 Å². The maximum atomic E-state index is 12.0. The third-order valence-corrected chi connectivity index (χ3v) is 4.11. The van der Waals surface area contributed by atoms with Gasteiger partial charge in [-0.15, -0.1) is 0 Å². The maximum Gasteiger partial charge on any atom is 0.225 e. The Bertz CT molecular complexity index is 476. The van der Waals surface area contributed by atoms with Gasteiger partial charge in [0, 0.05) is 30.2 Å². The van der Waals surface area contributed by atoms with Crippen molar-refractivity contribution in [3.05, 3.63) is 28.8 Å². The van der Waals surface area contributed by atoms with Gasteiger partial charge in [-0.3, -0.25) is 4.79 Å². The summed E-state index contributed by atoms with van der Waals surface area (Å²) >= 11 is 5.96. The lowest BCUT2D eigenvalue weighted by Gasteiger charge is -2.30. The molecule has 4 heteroatoms. The van der Waals surface area contributed by atoms with Crippen molar-refractivity contribution < 1.29 is 4.79 Å². The van der Waals surface area contributed by atoms with E-state index in [2.05, 4.69) is 17.1 Å². The van der Waals surface area contributed by atoms with Crippen LogP contribution in [-0.4, -0.2) is 30.4 Å². The van der Waals surface area contributed by atoms with Crippen LogP contribution in [0.5, 0.6) is 0 Å². The van der Waals surface area contributed by atoms with Gasteiger partial charge in [0.2, 0.25) is 5.91 Å². The van der Waals surface area contributed by atoms with Gasteiger partial charge in [-0.2, -0.15) is 0 Å². The summed E-state index contributed by atoms with van der Waals surface area (Å²) in [5.41, 5.74) is 1.85. The molecule has 1 aliphatic heterocycles. The predicted octanol–water partition coefficient (Wildman–Crippen LogP) is 3.71. The van der Waals surface area contributed by atoms with Crippen molar-refractivity contribution in [2.24, 2.45) is 5.92 Å². The minimum Gasteiger partial charge on any atom is -0.326 e. The zero-order valence-electron chi connectivity index (χ0n) is 12.3. The number of carbonyl (C=O) groups excluding carboxylic acids is 1. The first-order chi connectivity index (χ1) is 9.54. The van der Waals surface area contributed by atoms with E-state index in [1.54, 1.807) is 6.07 Å². The summed E-state index contributed by atoms with van der Waals surface area (Å²) in [6.07, 6.45) is 3.10. The molecule has 110 valence electrons. The second-order valence-electron chi connectivity index (χ2n) is 5.81. The molecule has 0 aliphatic carbocycles. The Morgan fingerprint density at radius 1 is 1.50 bits per heavy atom. The van der Waals surface area contributed by atoms with Gasteiger partial charge in [-0.05, 0) is 49.9 Å². The molecular weight excluding hydrogens is 272 g/mol. The van der Waals surface area contributed by atoms with Crippen LogP contribution in [0.25, 0.3) is 0 Å². The Hall–Kier alpha value is -1.06. The highest BCUT2D eigenvalue weighted by atomic mass is 35.5. The molecule has 1 aromatic rings. The molecule has 1 unspecified atom stereocenters. The zero-order valence-corrected chi connectivity index (χ0v) is 13.0. The van der Waals surface area contributed by atoms with E-state index in [4.69, 9.17) is 11.6 Å². The normalized spacial score (nSPS) is 19.9. The number of likely N-dealkylation sites (tertiary alicyclic amines) is 1. The molecule has 1 heterocycles. The number of nitrogens with one attached hydrogen (secondary N) is 1. The number of amides is 1. The van der Waals surface area contributed by atoms with E-state index >= 15 is 0 Å². The number of hydrogen-bond acceptors (Lipinski definition) is 2. The van der Waals surface area contributed by atoms with Gasteiger partial charge >= 0.3 is 0 Å². The van der Waals surface area contributed by atoms with Crippen molar-refractivity contribution in [3.8, 4) is 0 Å². The first kappa shape index (κ1) is 15.3. The van der Waals surface area contributed by atoms with Crippen LogP contribution in [-0.2, 0) is 4.79 Å². The first-order valence-corrected chi connectivity index (χ1v) is 7.71. The van der Waals surface area contributed by atoms with E-state index < -0.39 is 0 Å². The van der Waals surface area contributed by atoms with Crippen LogP contribution >= 0.6 is 11.6 Å². The number of halogens is 1. The molecule has 0 saturated carbocycles. The summed E-state index contributed by atoms with van der Waals surface area (Å²) in [6, 6.07) is 5.56. The Morgan fingerprint density at radius 3 is 3.05 bits per heavy atom. The third-order valence-electron chi connectivity index (χ3n) is 3.87. The maximum absolute atomic E-state index is 12.0. The highest BCUT2D eigenvalue weighted by molar-refractivity contribution is 6.31. The molecular formula is C16H23ClN2O. The number of rotatable bonds is 4. The smallest absolute Gasteiger partial charge is 0.225 e. The second-order valence-corrected chi connectivity index (χ2v) is 6.24. The van der Waals surface area contributed by atoms with Gasteiger partial charge in [0.15, 0.2) is 0 Å². The highest BCUT2D eigenvalue weighted by Gasteiger charge is 2.16. The number of benzene rings is 1. The van der Waals surface area contributed by atoms with Crippen LogP contribution in [0.15, 0.2) is 18.2 Å². The fraction of sp³-hybridized carbons (Fsp3) is 0.562. The topological polar surface area (TPSA) is 32.3 Å². The monoisotopic (exact) mass is 294 g/mol. The van der Waals surface area contributed by atoms with Crippen molar-refractivity contribution in [1.82, 2.24) is 4.90 Å². The molecule has 0 radical (unpaired) electrons. The summed E-state index contributed by atoms with van der Waals surface area (Å²) in [6.45, 7) is 7.33. The number of aryl methyl sites for hydroxylation is 1. The van der Waals surface area contributed by atoms with E-state index in [0.717, 1.165) is 36.8 Å². The Labute approximate surface area is 126 Å². The van der Waals surface area contributed by atoms with Crippen LogP contribution < -0.4 is 5.32 Å². The van der Waals surface area contributed by atoms with Crippen LogP contribution in [0.1, 0.15) is 31.7 Å². The fourth-order valence-corrected chi connectivity index (χ4v) is 2.86. The van der Waals surface area contributed by atoms with E-state index in [1.165, 1.54) is 12.8 Å². The van der Waals surface area contributed by atoms with Gasteiger partial charge in [0.25, 0.3) is 0 Å². The summed E-state index contributed by atoms with van der Waals surface area (Å²) in [4.78, 5) is 14.4. The molecule has 20 heavy (non-hydrogen) atoms. The van der Waals surface area contributed by atoms with Gasteiger partial charge in [0.1, 0.15) is 0 Å². The van der Waals surface area contributed by atoms with Crippen molar-refractivity contribution in [1.29, 1.82) is 0 Å². The van der Waals surface area contributed by atoms with Gasteiger partial charge in [-0.1, -0.05) is 24.6 Å². The molecule has 1 amide bonds. The molecule has 3 nitrogen and oxygen atoms in total. The predicted molar refractivity (Wildman–Crippen MR) is 84.3 cm³/mol. The second kappa shape index (κ2) is 7.09. The lowest BCUT2D eigenvalue weighted by molar-refractivity contribution is -0.116. The molecule has 0 aromatic heterocycles. The third kappa shape index (κ3) is 4.50. The van der Waals surface area contributed by atoms with E-state index in [-0.39, 0.29) is 5.91 Å². The quantitative estimate of drug-likeness (QED) is 0.918. The molecule has 1 N–H and O–H groups in total. The van der Waals surface area contributed by atoms with Crippen LogP contribution in [0.3, 0.4) is 0 Å². The van der Waals surface area contributed by atoms with Crippen molar-refractivity contribution >= 4 is 23.2 Å². The summed E-state index contributed by atoms with van der Waals surface area (Å²) in [5, 5.41) is 3.60.